The molecule has 42 heavy (non-hydrogen) atoms. The molecular weight excluding hydrogens is 567 g/mol. The minimum absolute atomic E-state index is 0.0881. The van der Waals surface area contributed by atoms with Gasteiger partial charge in [-0.1, -0.05) is 66.4 Å². The molecular formula is C32H33N5O3S2. The van der Waals surface area contributed by atoms with E-state index in [1.165, 1.54) is 17.3 Å². The molecule has 1 aromatic heterocycles. The normalized spacial score (nSPS) is 16.8. The summed E-state index contributed by atoms with van der Waals surface area (Å²) in [5.74, 6) is 1.34. The Bertz CT molecular complexity index is 1620. The van der Waals surface area contributed by atoms with Crippen molar-refractivity contribution in [2.45, 2.75) is 19.9 Å². The summed E-state index contributed by atoms with van der Waals surface area (Å²) in [5.41, 5.74) is 3.38. The quantitative estimate of drug-likeness (QED) is 0.280. The monoisotopic (exact) mass is 599 g/mol. The number of hydrogen-bond donors (Lipinski definition) is 0. The maximum Gasteiger partial charge on any atom is 0.270 e. The van der Waals surface area contributed by atoms with E-state index >= 15 is 0 Å². The zero-order valence-electron chi connectivity index (χ0n) is 24.0. The van der Waals surface area contributed by atoms with Gasteiger partial charge >= 0.3 is 0 Å². The number of pyridine rings is 1. The van der Waals surface area contributed by atoms with Gasteiger partial charge in [0.05, 0.1) is 12.0 Å². The number of piperazine rings is 1. The van der Waals surface area contributed by atoms with Gasteiger partial charge in [-0.05, 0) is 48.2 Å². The minimum Gasteiger partial charge on any atom is -0.497 e. The lowest BCUT2D eigenvalue weighted by atomic mass is 10.0. The van der Waals surface area contributed by atoms with Crippen molar-refractivity contribution in [1.29, 1.82) is 5.26 Å². The fourth-order valence-corrected chi connectivity index (χ4v) is 6.70. The third-order valence-corrected chi connectivity index (χ3v) is 9.20. The first-order chi connectivity index (χ1) is 20.3. The van der Waals surface area contributed by atoms with Crippen LogP contribution >= 0.6 is 24.0 Å². The average molecular weight is 600 g/mol. The molecule has 0 saturated carbocycles. The number of benzene rings is 2. The SMILES string of the molecule is COc1ccc(CCN2C(=O)/C(=C\c3c(C)c(C#N)c(=O)n(C)c3N3CCN(Cc4ccccc4)CC3)SC2=S)cc1. The second kappa shape index (κ2) is 12.9. The molecule has 2 aliphatic heterocycles. The van der Waals surface area contributed by atoms with Crippen LogP contribution in [0.5, 0.6) is 5.75 Å². The Balaban J connectivity index is 1.39. The summed E-state index contributed by atoms with van der Waals surface area (Å²) >= 11 is 6.86. The van der Waals surface area contributed by atoms with Crippen LogP contribution in [-0.4, -0.2) is 64.4 Å². The fourth-order valence-electron chi connectivity index (χ4n) is 5.41. The number of hydrogen-bond acceptors (Lipinski definition) is 8. The van der Waals surface area contributed by atoms with Crippen LogP contribution in [0.2, 0.25) is 0 Å². The van der Waals surface area contributed by atoms with Crippen molar-refractivity contribution >= 4 is 46.1 Å². The molecule has 3 aromatic rings. The predicted molar refractivity (Wildman–Crippen MR) is 172 cm³/mol. The molecule has 0 radical (unpaired) electrons. The number of ether oxygens (including phenoxy) is 1. The number of anilines is 1. The summed E-state index contributed by atoms with van der Waals surface area (Å²) in [6.45, 7) is 6.20. The van der Waals surface area contributed by atoms with E-state index in [1.54, 1.807) is 30.5 Å². The molecule has 2 aromatic carbocycles. The molecule has 0 spiro atoms. The number of aromatic nitrogens is 1. The predicted octanol–water partition coefficient (Wildman–Crippen LogP) is 4.34. The Morgan fingerprint density at radius 2 is 1.71 bits per heavy atom. The van der Waals surface area contributed by atoms with Gasteiger partial charge in [0.1, 0.15) is 27.5 Å². The first kappa shape index (κ1) is 29.6. The van der Waals surface area contributed by atoms with Gasteiger partial charge < -0.3 is 9.64 Å². The van der Waals surface area contributed by atoms with Crippen molar-refractivity contribution in [3.05, 3.63) is 97.7 Å². The first-order valence-corrected chi connectivity index (χ1v) is 15.1. The fraction of sp³-hybridized carbons (Fsp3) is 0.312. The lowest BCUT2D eigenvalue weighted by Crippen LogP contribution is -2.48. The molecule has 0 unspecified atom stereocenters. The van der Waals surface area contributed by atoms with Crippen LogP contribution in [0.25, 0.3) is 6.08 Å². The Morgan fingerprint density at radius 3 is 2.36 bits per heavy atom. The largest absolute Gasteiger partial charge is 0.497 e. The van der Waals surface area contributed by atoms with Crippen molar-refractivity contribution in [2.75, 3.05) is 44.7 Å². The highest BCUT2D eigenvalue weighted by Gasteiger charge is 2.33. The van der Waals surface area contributed by atoms with Gasteiger partial charge in [-0.25, -0.2) is 0 Å². The summed E-state index contributed by atoms with van der Waals surface area (Å²) in [5, 5.41) is 9.82. The van der Waals surface area contributed by atoms with Crippen LogP contribution in [0, 0.1) is 18.3 Å². The van der Waals surface area contributed by atoms with Gasteiger partial charge in [0.2, 0.25) is 0 Å². The molecule has 0 atom stereocenters. The number of carbonyl (C=O) groups is 1. The Morgan fingerprint density at radius 1 is 1.02 bits per heavy atom. The van der Waals surface area contributed by atoms with E-state index in [9.17, 15) is 14.9 Å². The Kier molecular flexibility index (Phi) is 9.12. The zero-order chi connectivity index (χ0) is 29.8. The molecule has 10 heteroatoms. The number of rotatable bonds is 8. The molecule has 5 rings (SSSR count). The molecule has 0 bridgehead atoms. The van der Waals surface area contributed by atoms with E-state index in [0.29, 0.717) is 33.3 Å². The summed E-state index contributed by atoms with van der Waals surface area (Å²) in [4.78, 5) is 33.4. The molecule has 216 valence electrons. The number of methoxy groups -OCH3 is 1. The van der Waals surface area contributed by atoms with E-state index in [2.05, 4.69) is 40.1 Å². The number of thioether (sulfide) groups is 1. The molecule has 0 N–H and O–H groups in total. The van der Waals surface area contributed by atoms with Gasteiger partial charge in [-0.3, -0.25) is 24.0 Å². The number of nitriles is 1. The highest BCUT2D eigenvalue weighted by molar-refractivity contribution is 8.26. The van der Waals surface area contributed by atoms with Crippen molar-refractivity contribution in [3.63, 3.8) is 0 Å². The van der Waals surface area contributed by atoms with Crippen molar-refractivity contribution in [2.24, 2.45) is 7.05 Å². The van der Waals surface area contributed by atoms with E-state index in [4.69, 9.17) is 17.0 Å². The lowest BCUT2D eigenvalue weighted by molar-refractivity contribution is -0.122. The molecule has 8 nitrogen and oxygen atoms in total. The molecule has 0 aliphatic carbocycles. The summed E-state index contributed by atoms with van der Waals surface area (Å²) < 4.78 is 7.28. The van der Waals surface area contributed by atoms with Crippen LogP contribution in [0.4, 0.5) is 5.82 Å². The summed E-state index contributed by atoms with van der Waals surface area (Å²) in [6.07, 6.45) is 2.47. The van der Waals surface area contributed by atoms with Crippen molar-refractivity contribution in [3.8, 4) is 11.8 Å². The first-order valence-electron chi connectivity index (χ1n) is 13.8. The molecule has 3 heterocycles. The maximum absolute atomic E-state index is 13.5. The third kappa shape index (κ3) is 6.14. The molecule has 1 amide bonds. The Labute approximate surface area is 255 Å². The third-order valence-electron chi connectivity index (χ3n) is 7.82. The zero-order valence-corrected chi connectivity index (χ0v) is 25.6. The van der Waals surface area contributed by atoms with Gasteiger partial charge in [0.15, 0.2) is 0 Å². The highest BCUT2D eigenvalue weighted by atomic mass is 32.2. The van der Waals surface area contributed by atoms with Gasteiger partial charge in [-0.2, -0.15) is 5.26 Å². The second-order valence-electron chi connectivity index (χ2n) is 10.4. The summed E-state index contributed by atoms with van der Waals surface area (Å²) in [6, 6.07) is 20.2. The van der Waals surface area contributed by atoms with Crippen LogP contribution in [-0.2, 0) is 24.8 Å². The van der Waals surface area contributed by atoms with Crippen molar-refractivity contribution < 1.29 is 9.53 Å². The molecule has 2 aliphatic rings. The smallest absolute Gasteiger partial charge is 0.270 e. The Hall–Kier alpha value is -3.91. The van der Waals surface area contributed by atoms with Crippen LogP contribution in [0.3, 0.4) is 0 Å². The topological polar surface area (TPSA) is 81.8 Å². The van der Waals surface area contributed by atoms with Crippen LogP contribution in [0.1, 0.15) is 27.8 Å². The standard InChI is InChI=1S/C32H33N5O3S2/c1-22-26(19-28-31(39)37(32(41)42-28)14-13-23-9-11-25(40-3)12-10-23)29(34(2)30(38)27(22)20-33)36-17-15-35(16-18-36)21-24-7-5-4-6-8-24/h4-12,19H,13-18,21H2,1-3H3/b28-19+. The number of thiocarbonyl (C=S) groups is 1. The van der Waals surface area contributed by atoms with E-state index in [0.717, 1.165) is 49.9 Å². The summed E-state index contributed by atoms with van der Waals surface area (Å²) in [7, 11) is 3.33. The number of amides is 1. The van der Waals surface area contributed by atoms with Gasteiger partial charge in [0, 0.05) is 51.9 Å². The van der Waals surface area contributed by atoms with E-state index in [1.807, 2.05) is 36.4 Å². The van der Waals surface area contributed by atoms with E-state index in [-0.39, 0.29) is 17.0 Å². The number of carbonyl (C=O) groups excluding carboxylic acids is 1. The lowest BCUT2D eigenvalue weighted by Gasteiger charge is -2.37. The molecule has 2 saturated heterocycles. The highest BCUT2D eigenvalue weighted by Crippen LogP contribution is 2.36. The molecule has 2 fully saturated rings. The van der Waals surface area contributed by atoms with Crippen LogP contribution < -0.4 is 15.2 Å². The minimum atomic E-state index is -0.332. The van der Waals surface area contributed by atoms with E-state index < -0.39 is 0 Å². The second-order valence-corrected chi connectivity index (χ2v) is 12.1. The van der Waals surface area contributed by atoms with Gasteiger partial charge in [0.25, 0.3) is 11.5 Å². The van der Waals surface area contributed by atoms with Crippen molar-refractivity contribution in [1.82, 2.24) is 14.4 Å². The van der Waals surface area contributed by atoms with Gasteiger partial charge in [-0.15, -0.1) is 0 Å². The maximum atomic E-state index is 13.5. The number of nitrogens with zero attached hydrogens (tertiary/aromatic N) is 5. The average Bonchev–Trinajstić information content (AvgIpc) is 3.27. The van der Waals surface area contributed by atoms with Crippen LogP contribution in [0.15, 0.2) is 64.3 Å².